The Labute approximate surface area is 190 Å². The van der Waals surface area contributed by atoms with E-state index < -0.39 is 15.8 Å². The number of ether oxygens (including phenoxy) is 1. The summed E-state index contributed by atoms with van der Waals surface area (Å²) in [4.78, 5) is 6.45. The molecule has 0 radical (unpaired) electrons. The fourth-order valence-electron chi connectivity index (χ4n) is 3.73. The number of methoxy groups -OCH3 is 1. The van der Waals surface area contributed by atoms with Crippen molar-refractivity contribution < 1.29 is 17.5 Å². The van der Waals surface area contributed by atoms with Crippen LogP contribution in [-0.2, 0) is 10.0 Å². The Balaban J connectivity index is 1.61. The Morgan fingerprint density at radius 3 is 2.66 bits per heavy atom. The van der Waals surface area contributed by atoms with Crippen LogP contribution in [0, 0.1) is 17.1 Å². The maximum Gasteiger partial charge on any atom is 0.243 e. The Kier molecular flexibility index (Phi) is 6.20. The number of pyridine rings is 1. The normalized spacial score (nSPS) is 15.4. The molecular formula is C22H20ClFN4O3S. The second-order valence-corrected chi connectivity index (χ2v) is 9.70. The van der Waals surface area contributed by atoms with Crippen LogP contribution in [0.1, 0.15) is 12.0 Å². The number of aromatic nitrogens is 1. The van der Waals surface area contributed by atoms with Crippen molar-refractivity contribution in [3.8, 4) is 11.8 Å². The first-order valence-corrected chi connectivity index (χ1v) is 11.7. The molecule has 0 spiro atoms. The third-order valence-corrected chi connectivity index (χ3v) is 7.61. The van der Waals surface area contributed by atoms with Gasteiger partial charge in [0.2, 0.25) is 10.0 Å². The van der Waals surface area contributed by atoms with Gasteiger partial charge < -0.3 is 9.64 Å². The monoisotopic (exact) mass is 474 g/mol. The number of nitrogens with zero attached hydrogens (tertiary/aromatic N) is 4. The maximum absolute atomic E-state index is 13.8. The number of benzene rings is 2. The van der Waals surface area contributed by atoms with Gasteiger partial charge in [-0.2, -0.15) is 9.57 Å². The van der Waals surface area contributed by atoms with E-state index >= 15 is 0 Å². The van der Waals surface area contributed by atoms with E-state index in [-0.39, 0.29) is 23.0 Å². The SMILES string of the molecule is COc1ccc2nc(N3CCCN(S(=O)(=O)c4ccc(Cl)c(F)c4)CC3)c(C#N)cc2c1. The predicted molar refractivity (Wildman–Crippen MR) is 120 cm³/mol. The zero-order valence-corrected chi connectivity index (χ0v) is 18.8. The Morgan fingerprint density at radius 2 is 1.94 bits per heavy atom. The zero-order chi connectivity index (χ0) is 22.9. The Bertz CT molecular complexity index is 1330. The summed E-state index contributed by atoms with van der Waals surface area (Å²) in [5.74, 6) is 0.409. The van der Waals surface area contributed by atoms with Crippen molar-refractivity contribution in [3.63, 3.8) is 0 Å². The molecule has 1 fully saturated rings. The summed E-state index contributed by atoms with van der Waals surface area (Å²) in [7, 11) is -2.31. The van der Waals surface area contributed by atoms with Crippen LogP contribution < -0.4 is 9.64 Å². The van der Waals surface area contributed by atoms with Gasteiger partial charge >= 0.3 is 0 Å². The van der Waals surface area contributed by atoms with Crippen LogP contribution in [0.25, 0.3) is 10.9 Å². The lowest BCUT2D eigenvalue weighted by atomic mass is 10.1. The van der Waals surface area contributed by atoms with Crippen molar-refractivity contribution in [1.29, 1.82) is 5.26 Å². The van der Waals surface area contributed by atoms with Crippen LogP contribution in [0.4, 0.5) is 10.2 Å². The first-order chi connectivity index (χ1) is 15.3. The van der Waals surface area contributed by atoms with Gasteiger partial charge in [0.1, 0.15) is 23.5 Å². The average molecular weight is 475 g/mol. The molecule has 32 heavy (non-hydrogen) atoms. The molecule has 1 aliphatic heterocycles. The maximum atomic E-state index is 13.8. The molecule has 1 saturated heterocycles. The summed E-state index contributed by atoms with van der Waals surface area (Å²) < 4.78 is 46.4. The van der Waals surface area contributed by atoms with Crippen LogP contribution >= 0.6 is 11.6 Å². The highest BCUT2D eigenvalue weighted by atomic mass is 35.5. The summed E-state index contributed by atoms with van der Waals surface area (Å²) in [6.07, 6.45) is 0.530. The van der Waals surface area contributed by atoms with Crippen molar-refractivity contribution in [2.75, 3.05) is 38.2 Å². The molecule has 4 rings (SSSR count). The molecule has 166 valence electrons. The van der Waals surface area contributed by atoms with Crippen LogP contribution in [-0.4, -0.2) is 51.0 Å². The lowest BCUT2D eigenvalue weighted by Gasteiger charge is -2.24. The van der Waals surface area contributed by atoms with Gasteiger partial charge in [-0.25, -0.2) is 17.8 Å². The molecule has 7 nitrogen and oxygen atoms in total. The lowest BCUT2D eigenvalue weighted by molar-refractivity contribution is 0.415. The van der Waals surface area contributed by atoms with Crippen molar-refractivity contribution in [2.45, 2.75) is 11.3 Å². The molecule has 0 N–H and O–H groups in total. The van der Waals surface area contributed by atoms with Gasteiger partial charge in [0.15, 0.2) is 0 Å². The van der Waals surface area contributed by atoms with E-state index in [2.05, 4.69) is 11.1 Å². The van der Waals surface area contributed by atoms with Gasteiger partial charge in [-0.05, 0) is 48.9 Å². The molecule has 0 aliphatic carbocycles. The summed E-state index contributed by atoms with van der Waals surface area (Å²) in [5.41, 5.74) is 1.12. The van der Waals surface area contributed by atoms with Crippen LogP contribution in [0.5, 0.6) is 5.75 Å². The molecule has 10 heteroatoms. The van der Waals surface area contributed by atoms with E-state index in [1.165, 1.54) is 16.4 Å². The molecule has 0 saturated carbocycles. The molecule has 0 atom stereocenters. The van der Waals surface area contributed by atoms with E-state index in [4.69, 9.17) is 16.3 Å². The second-order valence-electron chi connectivity index (χ2n) is 7.35. The third kappa shape index (κ3) is 4.21. The highest BCUT2D eigenvalue weighted by molar-refractivity contribution is 7.89. The minimum absolute atomic E-state index is 0.130. The van der Waals surface area contributed by atoms with Gasteiger partial charge in [0.25, 0.3) is 0 Å². The number of halogens is 2. The van der Waals surface area contributed by atoms with Crippen LogP contribution in [0.15, 0.2) is 47.4 Å². The molecule has 3 aromatic rings. The smallest absolute Gasteiger partial charge is 0.243 e. The minimum atomic E-state index is -3.88. The van der Waals surface area contributed by atoms with Crippen LogP contribution in [0.2, 0.25) is 5.02 Å². The number of hydrogen-bond acceptors (Lipinski definition) is 6. The van der Waals surface area contributed by atoms with Gasteiger partial charge in [-0.1, -0.05) is 11.6 Å². The average Bonchev–Trinajstić information content (AvgIpc) is 3.06. The highest BCUT2D eigenvalue weighted by Crippen LogP contribution is 2.28. The fraction of sp³-hybridized carbons (Fsp3) is 0.273. The van der Waals surface area contributed by atoms with E-state index in [0.717, 1.165) is 11.5 Å². The van der Waals surface area contributed by atoms with Gasteiger partial charge in [-0.3, -0.25) is 0 Å². The number of fused-ring (bicyclic) bond motifs is 1. The van der Waals surface area contributed by atoms with Crippen LogP contribution in [0.3, 0.4) is 0 Å². The summed E-state index contributed by atoms with van der Waals surface area (Å²) in [5, 5.41) is 10.3. The molecule has 0 unspecified atom stereocenters. The topological polar surface area (TPSA) is 86.5 Å². The lowest BCUT2D eigenvalue weighted by Crippen LogP contribution is -2.35. The fourth-order valence-corrected chi connectivity index (χ4v) is 5.33. The number of sulfonamides is 1. The highest BCUT2D eigenvalue weighted by Gasteiger charge is 2.28. The molecule has 0 bridgehead atoms. The minimum Gasteiger partial charge on any atom is -0.497 e. The summed E-state index contributed by atoms with van der Waals surface area (Å²) in [6, 6.07) is 12.9. The molecule has 1 aliphatic rings. The zero-order valence-electron chi connectivity index (χ0n) is 17.3. The van der Waals surface area contributed by atoms with E-state index in [1.807, 2.05) is 17.0 Å². The molecule has 2 heterocycles. The Hall–Kier alpha value is -2.93. The van der Waals surface area contributed by atoms with Crippen molar-refractivity contribution in [3.05, 3.63) is 58.9 Å². The largest absolute Gasteiger partial charge is 0.497 e. The predicted octanol–water partition coefficient (Wildman–Crippen LogP) is 3.81. The number of rotatable bonds is 4. The first kappa shape index (κ1) is 22.3. The van der Waals surface area contributed by atoms with E-state index in [9.17, 15) is 18.1 Å². The summed E-state index contributed by atoms with van der Waals surface area (Å²) in [6.45, 7) is 1.33. The van der Waals surface area contributed by atoms with E-state index in [1.54, 1.807) is 19.2 Å². The van der Waals surface area contributed by atoms with Crippen molar-refractivity contribution >= 4 is 38.3 Å². The Morgan fingerprint density at radius 1 is 1.12 bits per heavy atom. The number of hydrogen-bond donors (Lipinski definition) is 0. The molecule has 0 amide bonds. The van der Waals surface area contributed by atoms with Crippen molar-refractivity contribution in [1.82, 2.24) is 9.29 Å². The van der Waals surface area contributed by atoms with E-state index in [0.29, 0.717) is 42.2 Å². The molecule has 1 aromatic heterocycles. The molecule has 2 aromatic carbocycles. The number of anilines is 1. The first-order valence-electron chi connectivity index (χ1n) is 9.92. The van der Waals surface area contributed by atoms with Crippen molar-refractivity contribution in [2.24, 2.45) is 0 Å². The number of nitriles is 1. The summed E-state index contributed by atoms with van der Waals surface area (Å²) >= 11 is 5.69. The standard InChI is InChI=1S/C22H20ClFN4O3S/c1-31-17-3-6-21-15(12-17)11-16(14-25)22(26-21)27-7-2-8-28(10-9-27)32(29,30)18-4-5-19(23)20(24)13-18/h3-6,11-13H,2,7-10H2,1H3. The quantitative estimate of drug-likeness (QED) is 0.571. The van der Waals surface area contributed by atoms with Gasteiger partial charge in [0.05, 0.1) is 28.1 Å². The van der Waals surface area contributed by atoms with Gasteiger partial charge in [-0.15, -0.1) is 0 Å². The second kappa shape index (κ2) is 8.90. The molecular weight excluding hydrogens is 455 g/mol. The van der Waals surface area contributed by atoms with Gasteiger partial charge in [0, 0.05) is 31.6 Å². The third-order valence-electron chi connectivity index (χ3n) is 5.41.